The summed E-state index contributed by atoms with van der Waals surface area (Å²) in [5.74, 6) is 0.974. The van der Waals surface area contributed by atoms with E-state index in [0.717, 1.165) is 30.2 Å². The Kier molecular flexibility index (Phi) is 10.0. The van der Waals surface area contributed by atoms with Crippen molar-refractivity contribution >= 4 is 5.96 Å². The molecule has 1 aromatic carbocycles. The second-order valence-electron chi connectivity index (χ2n) is 6.05. The van der Waals surface area contributed by atoms with E-state index in [1.807, 2.05) is 6.92 Å². The third-order valence-corrected chi connectivity index (χ3v) is 3.81. The largest absolute Gasteiger partial charge is 0.444 e. The molecule has 2 N–H and O–H groups in total. The van der Waals surface area contributed by atoms with Gasteiger partial charge in [0, 0.05) is 45.3 Å². The van der Waals surface area contributed by atoms with Gasteiger partial charge in [0.1, 0.15) is 12.1 Å². The van der Waals surface area contributed by atoms with Crippen LogP contribution in [-0.2, 0) is 15.9 Å². The minimum atomic E-state index is -0.281. The number of ether oxygens (including phenoxy) is 2. The van der Waals surface area contributed by atoms with Gasteiger partial charge in [0.15, 0.2) is 5.96 Å². The van der Waals surface area contributed by atoms with Gasteiger partial charge in [-0.1, -0.05) is 0 Å². The standard InChI is InChI=1S/C20H29FN4O3/c1-3-22-20(23-10-4-12-27-14-13-26-2)24-11-9-18-15-28-19(25-18)16-5-7-17(21)8-6-16/h5-8,15H,3-4,9-14H2,1-2H3,(H2,22,23,24). The van der Waals surface area contributed by atoms with Gasteiger partial charge < -0.3 is 24.5 Å². The van der Waals surface area contributed by atoms with Crippen LogP contribution in [0.1, 0.15) is 19.0 Å². The van der Waals surface area contributed by atoms with Crippen molar-refractivity contribution in [1.82, 2.24) is 15.6 Å². The number of rotatable bonds is 12. The van der Waals surface area contributed by atoms with Gasteiger partial charge in [0.25, 0.3) is 0 Å². The Hall–Kier alpha value is -2.45. The minimum absolute atomic E-state index is 0.281. The van der Waals surface area contributed by atoms with Crippen molar-refractivity contribution in [3.8, 4) is 11.5 Å². The zero-order valence-electron chi connectivity index (χ0n) is 16.5. The van der Waals surface area contributed by atoms with Gasteiger partial charge in [-0.05, 0) is 37.6 Å². The first kappa shape index (κ1) is 21.8. The van der Waals surface area contributed by atoms with Crippen LogP contribution in [0.25, 0.3) is 11.5 Å². The predicted octanol–water partition coefficient (Wildman–Crippen LogP) is 2.63. The van der Waals surface area contributed by atoms with E-state index in [0.29, 0.717) is 45.2 Å². The summed E-state index contributed by atoms with van der Waals surface area (Å²) in [4.78, 5) is 8.98. The average Bonchev–Trinajstić information content (AvgIpc) is 3.16. The fraction of sp³-hybridized carbons (Fsp3) is 0.500. The minimum Gasteiger partial charge on any atom is -0.444 e. The molecule has 0 saturated carbocycles. The lowest BCUT2D eigenvalue weighted by Crippen LogP contribution is -2.38. The number of aromatic nitrogens is 1. The van der Waals surface area contributed by atoms with Gasteiger partial charge in [-0.3, -0.25) is 4.99 Å². The molecular weight excluding hydrogens is 363 g/mol. The number of hydrogen-bond donors (Lipinski definition) is 2. The molecule has 0 atom stereocenters. The van der Waals surface area contributed by atoms with Crippen molar-refractivity contribution in [3.63, 3.8) is 0 Å². The van der Waals surface area contributed by atoms with Crippen LogP contribution in [0.15, 0.2) is 39.9 Å². The topological polar surface area (TPSA) is 80.9 Å². The number of guanidine groups is 1. The Morgan fingerprint density at radius 1 is 1.18 bits per heavy atom. The lowest BCUT2D eigenvalue weighted by Gasteiger charge is -2.10. The SMILES string of the molecule is CCNC(=NCCCOCCOC)NCCc1coc(-c2ccc(F)cc2)n1. The molecule has 0 radical (unpaired) electrons. The van der Waals surface area contributed by atoms with Crippen molar-refractivity contribution in [2.75, 3.05) is 46.6 Å². The number of aliphatic imine (C=N–C) groups is 1. The summed E-state index contributed by atoms with van der Waals surface area (Å²) >= 11 is 0. The zero-order valence-corrected chi connectivity index (χ0v) is 16.5. The summed E-state index contributed by atoms with van der Waals surface area (Å²) in [5, 5.41) is 6.50. The van der Waals surface area contributed by atoms with E-state index in [-0.39, 0.29) is 5.82 Å². The lowest BCUT2D eigenvalue weighted by atomic mass is 10.2. The van der Waals surface area contributed by atoms with E-state index in [2.05, 4.69) is 20.6 Å². The van der Waals surface area contributed by atoms with Crippen LogP contribution in [0.2, 0.25) is 0 Å². The Balaban J connectivity index is 1.73. The van der Waals surface area contributed by atoms with Crippen molar-refractivity contribution in [2.24, 2.45) is 4.99 Å². The molecule has 1 aromatic heterocycles. The number of methoxy groups -OCH3 is 1. The van der Waals surface area contributed by atoms with E-state index in [1.165, 1.54) is 12.1 Å². The summed E-state index contributed by atoms with van der Waals surface area (Å²) in [5.41, 5.74) is 1.58. The molecule has 0 bridgehead atoms. The molecule has 7 nitrogen and oxygen atoms in total. The van der Waals surface area contributed by atoms with E-state index in [4.69, 9.17) is 13.9 Å². The highest BCUT2D eigenvalue weighted by molar-refractivity contribution is 5.79. The van der Waals surface area contributed by atoms with E-state index >= 15 is 0 Å². The summed E-state index contributed by atoms with van der Waals surface area (Å²) < 4.78 is 28.8. The molecule has 0 aliphatic rings. The third kappa shape index (κ3) is 8.06. The van der Waals surface area contributed by atoms with Gasteiger partial charge in [0.2, 0.25) is 5.89 Å². The first-order valence-electron chi connectivity index (χ1n) is 9.52. The molecule has 2 aromatic rings. The second kappa shape index (κ2) is 12.9. The molecule has 0 fully saturated rings. The number of halogens is 1. The molecule has 1 heterocycles. The van der Waals surface area contributed by atoms with Gasteiger partial charge in [-0.25, -0.2) is 9.37 Å². The monoisotopic (exact) mass is 392 g/mol. The molecule has 154 valence electrons. The van der Waals surface area contributed by atoms with Gasteiger partial charge in [-0.2, -0.15) is 0 Å². The summed E-state index contributed by atoms with van der Waals surface area (Å²) in [7, 11) is 1.66. The van der Waals surface area contributed by atoms with Crippen LogP contribution in [0.5, 0.6) is 0 Å². The van der Waals surface area contributed by atoms with E-state index < -0.39 is 0 Å². The fourth-order valence-corrected chi connectivity index (χ4v) is 2.40. The maximum atomic E-state index is 13.0. The van der Waals surface area contributed by atoms with Crippen molar-refractivity contribution in [3.05, 3.63) is 42.0 Å². The highest BCUT2D eigenvalue weighted by atomic mass is 19.1. The molecule has 0 spiro atoms. The van der Waals surface area contributed by atoms with Gasteiger partial charge in [0.05, 0.1) is 18.9 Å². The highest BCUT2D eigenvalue weighted by Gasteiger charge is 2.07. The quantitative estimate of drug-likeness (QED) is 0.328. The Morgan fingerprint density at radius 3 is 2.75 bits per heavy atom. The van der Waals surface area contributed by atoms with Crippen LogP contribution in [0, 0.1) is 5.82 Å². The van der Waals surface area contributed by atoms with Crippen LogP contribution >= 0.6 is 0 Å². The molecule has 0 saturated heterocycles. The van der Waals surface area contributed by atoms with Crippen LogP contribution in [0.4, 0.5) is 4.39 Å². The number of hydrogen-bond acceptors (Lipinski definition) is 5. The van der Waals surface area contributed by atoms with Crippen LogP contribution < -0.4 is 10.6 Å². The smallest absolute Gasteiger partial charge is 0.226 e. The second-order valence-corrected chi connectivity index (χ2v) is 6.05. The van der Waals surface area contributed by atoms with Gasteiger partial charge in [-0.15, -0.1) is 0 Å². The number of nitrogens with zero attached hydrogens (tertiary/aromatic N) is 2. The Morgan fingerprint density at radius 2 is 2.00 bits per heavy atom. The first-order valence-corrected chi connectivity index (χ1v) is 9.52. The Bertz CT molecular complexity index is 704. The molecule has 0 amide bonds. The molecular formula is C20H29FN4O3. The third-order valence-electron chi connectivity index (χ3n) is 3.81. The number of oxazole rings is 1. The normalized spacial score (nSPS) is 11.6. The number of benzene rings is 1. The van der Waals surface area contributed by atoms with E-state index in [9.17, 15) is 4.39 Å². The molecule has 2 rings (SSSR count). The molecule has 8 heteroatoms. The maximum absolute atomic E-state index is 13.0. The zero-order chi connectivity index (χ0) is 20.0. The van der Waals surface area contributed by atoms with Crippen molar-refractivity contribution in [2.45, 2.75) is 19.8 Å². The number of nitrogens with one attached hydrogen (secondary N) is 2. The molecule has 0 unspecified atom stereocenters. The average molecular weight is 392 g/mol. The molecule has 28 heavy (non-hydrogen) atoms. The van der Waals surface area contributed by atoms with Crippen LogP contribution in [-0.4, -0.2) is 57.5 Å². The lowest BCUT2D eigenvalue weighted by molar-refractivity contribution is 0.0702. The summed E-state index contributed by atoms with van der Waals surface area (Å²) in [6, 6.07) is 6.08. The maximum Gasteiger partial charge on any atom is 0.226 e. The van der Waals surface area contributed by atoms with Gasteiger partial charge >= 0.3 is 0 Å². The molecule has 0 aliphatic heterocycles. The fourth-order valence-electron chi connectivity index (χ4n) is 2.40. The summed E-state index contributed by atoms with van der Waals surface area (Å²) in [6.07, 6.45) is 3.17. The Labute approximate surface area is 165 Å². The summed E-state index contributed by atoms with van der Waals surface area (Å²) in [6.45, 7) is 6.05. The first-order chi connectivity index (χ1) is 13.7. The highest BCUT2D eigenvalue weighted by Crippen LogP contribution is 2.18. The van der Waals surface area contributed by atoms with E-state index in [1.54, 1.807) is 25.5 Å². The predicted molar refractivity (Wildman–Crippen MR) is 107 cm³/mol. The van der Waals surface area contributed by atoms with Crippen molar-refractivity contribution in [1.29, 1.82) is 0 Å². The van der Waals surface area contributed by atoms with Crippen LogP contribution in [0.3, 0.4) is 0 Å². The van der Waals surface area contributed by atoms with Crippen molar-refractivity contribution < 1.29 is 18.3 Å². The molecule has 0 aliphatic carbocycles.